The monoisotopic (exact) mass is 384 g/mol. The largest absolute Gasteiger partial charge is 0.338 e. The van der Waals surface area contributed by atoms with Crippen molar-refractivity contribution in [2.24, 2.45) is 5.92 Å². The standard InChI is InChI=1S/C21H21FN2O2S/c22-17-4-7-19(8-5-17)27-13-20(25)23-18-6-3-14-9-10-24(12-16(14)11-18)21(26)15-1-2-15/h3-8,11,15H,1-2,9-10,12-13H2,(H,23,25). The van der Waals surface area contributed by atoms with Crippen LogP contribution in [0.25, 0.3) is 0 Å². The first-order chi connectivity index (χ1) is 13.1. The fraction of sp³-hybridized carbons (Fsp3) is 0.333. The molecule has 6 heteroatoms. The average molecular weight is 384 g/mol. The van der Waals surface area contributed by atoms with Crippen LogP contribution in [0.2, 0.25) is 0 Å². The molecule has 2 aromatic carbocycles. The third kappa shape index (κ3) is 4.50. The Kier molecular flexibility index (Phi) is 5.16. The molecular weight excluding hydrogens is 363 g/mol. The molecule has 4 rings (SSSR count). The summed E-state index contributed by atoms with van der Waals surface area (Å²) in [6.45, 7) is 1.40. The Balaban J connectivity index is 1.35. The number of benzene rings is 2. The van der Waals surface area contributed by atoms with Gasteiger partial charge in [0.2, 0.25) is 11.8 Å². The van der Waals surface area contributed by atoms with Gasteiger partial charge >= 0.3 is 0 Å². The minimum absolute atomic E-state index is 0.106. The maximum Gasteiger partial charge on any atom is 0.234 e. The van der Waals surface area contributed by atoms with Gasteiger partial charge in [-0.2, -0.15) is 0 Å². The third-order valence-corrected chi connectivity index (χ3v) is 5.94. The van der Waals surface area contributed by atoms with Crippen molar-refractivity contribution < 1.29 is 14.0 Å². The maximum atomic E-state index is 12.9. The second-order valence-electron chi connectivity index (χ2n) is 7.06. The molecule has 0 saturated heterocycles. The van der Waals surface area contributed by atoms with Crippen molar-refractivity contribution in [3.05, 3.63) is 59.4 Å². The molecule has 0 aromatic heterocycles. The minimum atomic E-state index is -0.285. The Morgan fingerprint density at radius 1 is 1.11 bits per heavy atom. The number of thioether (sulfide) groups is 1. The quantitative estimate of drug-likeness (QED) is 0.797. The fourth-order valence-electron chi connectivity index (χ4n) is 3.29. The Labute approximate surface area is 162 Å². The number of halogens is 1. The van der Waals surface area contributed by atoms with Gasteiger partial charge in [0.15, 0.2) is 0 Å². The van der Waals surface area contributed by atoms with Crippen molar-refractivity contribution in [1.29, 1.82) is 0 Å². The highest BCUT2D eigenvalue weighted by Gasteiger charge is 2.34. The summed E-state index contributed by atoms with van der Waals surface area (Å²) in [5.74, 6) is 0.372. The van der Waals surface area contributed by atoms with E-state index in [0.717, 1.165) is 42.0 Å². The van der Waals surface area contributed by atoms with E-state index in [9.17, 15) is 14.0 Å². The smallest absolute Gasteiger partial charge is 0.234 e. The van der Waals surface area contributed by atoms with Crippen LogP contribution in [0.15, 0.2) is 47.4 Å². The molecule has 2 amide bonds. The summed E-state index contributed by atoms with van der Waals surface area (Å²) < 4.78 is 12.9. The van der Waals surface area contributed by atoms with Crippen LogP contribution in [-0.4, -0.2) is 29.0 Å². The molecule has 1 N–H and O–H groups in total. The fourth-order valence-corrected chi connectivity index (χ4v) is 3.99. The van der Waals surface area contributed by atoms with Gasteiger partial charge in [-0.15, -0.1) is 11.8 Å². The molecule has 0 radical (unpaired) electrons. The summed E-state index contributed by atoms with van der Waals surface area (Å²) in [5.41, 5.74) is 3.10. The number of carbonyl (C=O) groups excluding carboxylic acids is 2. The molecule has 1 heterocycles. The van der Waals surface area contributed by atoms with Gasteiger partial charge in [-0.25, -0.2) is 4.39 Å². The SMILES string of the molecule is O=C(CSc1ccc(F)cc1)Nc1ccc2c(c1)CN(C(=O)C1CC1)CC2. The van der Waals surface area contributed by atoms with E-state index in [1.54, 1.807) is 12.1 Å². The molecule has 2 aromatic rings. The molecule has 1 aliphatic heterocycles. The van der Waals surface area contributed by atoms with Gasteiger partial charge in [0.1, 0.15) is 5.82 Å². The topological polar surface area (TPSA) is 49.4 Å². The maximum absolute atomic E-state index is 12.9. The van der Waals surface area contributed by atoms with Gasteiger partial charge in [0.05, 0.1) is 5.75 Å². The molecule has 0 spiro atoms. The Morgan fingerprint density at radius 2 is 1.89 bits per heavy atom. The first-order valence-electron chi connectivity index (χ1n) is 9.17. The van der Waals surface area contributed by atoms with E-state index in [-0.39, 0.29) is 29.3 Å². The normalized spacial score (nSPS) is 16.0. The molecular formula is C21H21FN2O2S. The van der Waals surface area contributed by atoms with E-state index in [1.807, 2.05) is 23.1 Å². The molecule has 0 atom stereocenters. The summed E-state index contributed by atoms with van der Waals surface area (Å²) in [6.07, 6.45) is 2.90. The van der Waals surface area contributed by atoms with E-state index < -0.39 is 0 Å². The van der Waals surface area contributed by atoms with E-state index in [2.05, 4.69) is 5.32 Å². The molecule has 27 heavy (non-hydrogen) atoms. The van der Waals surface area contributed by atoms with Crippen LogP contribution in [0.3, 0.4) is 0 Å². The van der Waals surface area contributed by atoms with Crippen molar-refractivity contribution >= 4 is 29.3 Å². The first-order valence-corrected chi connectivity index (χ1v) is 10.2. The molecule has 1 aliphatic carbocycles. The highest BCUT2D eigenvalue weighted by atomic mass is 32.2. The molecule has 140 valence electrons. The first kappa shape index (κ1) is 18.0. The second kappa shape index (κ2) is 7.72. The average Bonchev–Trinajstić information content (AvgIpc) is 3.52. The van der Waals surface area contributed by atoms with Crippen LogP contribution in [0.4, 0.5) is 10.1 Å². The number of fused-ring (bicyclic) bond motifs is 1. The van der Waals surface area contributed by atoms with E-state index in [4.69, 9.17) is 0 Å². The summed E-state index contributed by atoms with van der Waals surface area (Å²) in [7, 11) is 0. The zero-order valence-electron chi connectivity index (χ0n) is 14.9. The Bertz CT molecular complexity index is 865. The molecule has 2 aliphatic rings. The lowest BCUT2D eigenvalue weighted by atomic mass is 9.98. The molecule has 0 unspecified atom stereocenters. The van der Waals surface area contributed by atoms with E-state index in [0.29, 0.717) is 6.54 Å². The number of nitrogens with one attached hydrogen (secondary N) is 1. The number of hydrogen-bond donors (Lipinski definition) is 1. The summed E-state index contributed by atoms with van der Waals surface area (Å²) in [5, 5.41) is 2.92. The minimum Gasteiger partial charge on any atom is -0.338 e. The van der Waals surface area contributed by atoms with Gasteiger partial charge in [-0.05, 0) is 66.8 Å². The van der Waals surface area contributed by atoms with Crippen molar-refractivity contribution in [2.75, 3.05) is 17.6 Å². The van der Waals surface area contributed by atoms with Crippen LogP contribution in [0, 0.1) is 11.7 Å². The summed E-state index contributed by atoms with van der Waals surface area (Å²) in [6, 6.07) is 12.0. The van der Waals surface area contributed by atoms with Crippen molar-refractivity contribution in [2.45, 2.75) is 30.7 Å². The zero-order chi connectivity index (χ0) is 18.8. The van der Waals surface area contributed by atoms with Gasteiger partial charge in [-0.3, -0.25) is 9.59 Å². The predicted octanol–water partition coefficient (Wildman–Crippen LogP) is 3.85. The van der Waals surface area contributed by atoms with Gasteiger partial charge < -0.3 is 10.2 Å². The van der Waals surface area contributed by atoms with Crippen molar-refractivity contribution in [3.63, 3.8) is 0 Å². The van der Waals surface area contributed by atoms with Gasteiger partial charge in [-0.1, -0.05) is 6.07 Å². The number of nitrogens with zero attached hydrogens (tertiary/aromatic N) is 1. The Morgan fingerprint density at radius 3 is 2.63 bits per heavy atom. The summed E-state index contributed by atoms with van der Waals surface area (Å²) in [4.78, 5) is 27.3. The molecule has 1 fully saturated rings. The van der Waals surface area contributed by atoms with Crippen molar-refractivity contribution in [3.8, 4) is 0 Å². The summed E-state index contributed by atoms with van der Waals surface area (Å²) >= 11 is 1.37. The second-order valence-corrected chi connectivity index (χ2v) is 8.11. The van der Waals surface area contributed by atoms with Crippen molar-refractivity contribution in [1.82, 2.24) is 4.90 Å². The lowest BCUT2D eigenvalue weighted by Gasteiger charge is -2.29. The van der Waals surface area contributed by atoms with E-state index >= 15 is 0 Å². The van der Waals surface area contributed by atoms with Gasteiger partial charge in [0.25, 0.3) is 0 Å². The molecule has 0 bridgehead atoms. The number of carbonyl (C=O) groups is 2. The highest BCUT2D eigenvalue weighted by molar-refractivity contribution is 8.00. The van der Waals surface area contributed by atoms with Crippen LogP contribution in [0.5, 0.6) is 0 Å². The molecule has 1 saturated carbocycles. The number of amides is 2. The van der Waals surface area contributed by atoms with Gasteiger partial charge in [0, 0.05) is 29.6 Å². The van der Waals surface area contributed by atoms with Crippen LogP contribution >= 0.6 is 11.8 Å². The lowest BCUT2D eigenvalue weighted by Crippen LogP contribution is -2.36. The number of anilines is 1. The lowest BCUT2D eigenvalue weighted by molar-refractivity contribution is -0.133. The van der Waals surface area contributed by atoms with E-state index in [1.165, 1.54) is 29.5 Å². The highest BCUT2D eigenvalue weighted by Crippen LogP contribution is 2.33. The molecule has 4 nitrogen and oxygen atoms in total. The van der Waals surface area contributed by atoms with Crippen LogP contribution in [0.1, 0.15) is 24.0 Å². The van der Waals surface area contributed by atoms with Crippen LogP contribution in [-0.2, 0) is 22.6 Å². The third-order valence-electron chi connectivity index (χ3n) is 4.92. The van der Waals surface area contributed by atoms with Crippen LogP contribution < -0.4 is 5.32 Å². The zero-order valence-corrected chi connectivity index (χ0v) is 15.7. The Hall–Kier alpha value is -2.34. The predicted molar refractivity (Wildman–Crippen MR) is 104 cm³/mol. The number of hydrogen-bond acceptors (Lipinski definition) is 3. The number of rotatable bonds is 5.